The van der Waals surface area contributed by atoms with Crippen molar-refractivity contribution >= 4 is 43.1 Å². The molecule has 1 saturated heterocycles. The van der Waals surface area contributed by atoms with E-state index in [0.717, 1.165) is 54.4 Å². The van der Waals surface area contributed by atoms with Gasteiger partial charge in [-0.1, -0.05) is 85.3 Å². The van der Waals surface area contributed by atoms with Crippen LogP contribution in [0.4, 0.5) is 0 Å². The maximum absolute atomic E-state index is 9.81. The van der Waals surface area contributed by atoms with Crippen molar-refractivity contribution in [3.05, 3.63) is 184 Å². The van der Waals surface area contributed by atoms with E-state index in [9.17, 15) is 10.5 Å². The van der Waals surface area contributed by atoms with Gasteiger partial charge >= 0.3 is 12.0 Å². The Bertz CT molecular complexity index is 3000. The van der Waals surface area contributed by atoms with Gasteiger partial charge in [0.05, 0.1) is 49.7 Å². The Balaban J connectivity index is 0.000000164. The van der Waals surface area contributed by atoms with Gasteiger partial charge in [-0.3, -0.25) is 9.88 Å². The zero-order valence-electron chi connectivity index (χ0n) is 35.3. The molecule has 9 aromatic rings. The minimum Gasteiger partial charge on any atom is -0.459 e. The molecular formula is C51H42N10O2S2. The highest BCUT2D eigenvalue weighted by Gasteiger charge is 2.22. The first-order valence-corrected chi connectivity index (χ1v) is 22.9. The van der Waals surface area contributed by atoms with Crippen LogP contribution in [0.15, 0.2) is 146 Å². The molecule has 1 aliphatic heterocycles. The first-order chi connectivity index (χ1) is 32.1. The number of aromatic nitrogens is 7. The highest BCUT2D eigenvalue weighted by molar-refractivity contribution is 7.19. The first kappa shape index (κ1) is 42.8. The van der Waals surface area contributed by atoms with Crippen molar-refractivity contribution in [2.75, 3.05) is 13.1 Å². The summed E-state index contributed by atoms with van der Waals surface area (Å²) in [6.07, 6.45) is 8.98. The number of likely N-dealkylation sites (tertiary alicyclic amines) is 1. The van der Waals surface area contributed by atoms with E-state index in [0.29, 0.717) is 29.6 Å². The first-order valence-electron chi connectivity index (χ1n) is 21.3. The van der Waals surface area contributed by atoms with Crippen molar-refractivity contribution in [1.29, 1.82) is 10.5 Å². The molecular weight excluding hydrogens is 849 g/mol. The predicted molar refractivity (Wildman–Crippen MR) is 252 cm³/mol. The van der Waals surface area contributed by atoms with Crippen LogP contribution in [0.1, 0.15) is 69.2 Å². The van der Waals surface area contributed by atoms with Crippen molar-refractivity contribution in [2.45, 2.75) is 50.9 Å². The number of ether oxygens (including phenoxy) is 2. The molecule has 65 heavy (non-hydrogen) atoms. The van der Waals surface area contributed by atoms with Crippen molar-refractivity contribution in [1.82, 2.24) is 39.8 Å². The van der Waals surface area contributed by atoms with Crippen molar-refractivity contribution in [3.63, 3.8) is 0 Å². The highest BCUT2D eigenvalue weighted by atomic mass is 32.1. The molecule has 12 nitrogen and oxygen atoms in total. The summed E-state index contributed by atoms with van der Waals surface area (Å²) in [6, 6.07) is 46.7. The summed E-state index contributed by atoms with van der Waals surface area (Å²) in [5.74, 6) is -1.13. The number of para-hydroxylation sites is 2. The summed E-state index contributed by atoms with van der Waals surface area (Å²) in [4.78, 5) is 33.5. The highest BCUT2D eigenvalue weighted by Crippen LogP contribution is 2.32. The van der Waals surface area contributed by atoms with Gasteiger partial charge in [0.2, 0.25) is 0 Å². The molecule has 0 amide bonds. The number of hydrogen-bond acceptors (Lipinski definition) is 14. The molecule has 0 N–H and O–H groups in total. The number of hydrogen-bond donors (Lipinski definition) is 0. The number of pyridine rings is 1. The average Bonchev–Trinajstić information content (AvgIpc) is 4.00. The molecule has 5 aromatic heterocycles. The molecule has 1 aliphatic rings. The van der Waals surface area contributed by atoms with Crippen LogP contribution in [-0.2, 0) is 19.8 Å². The summed E-state index contributed by atoms with van der Waals surface area (Å²) in [7, 11) is 0. The second-order valence-electron chi connectivity index (χ2n) is 15.3. The molecule has 2 atom stereocenters. The lowest BCUT2D eigenvalue weighted by atomic mass is 10.1. The van der Waals surface area contributed by atoms with Crippen LogP contribution in [-0.4, -0.2) is 52.9 Å². The minimum atomic E-state index is -0.574. The van der Waals surface area contributed by atoms with E-state index in [1.165, 1.54) is 60.6 Å². The lowest BCUT2D eigenvalue weighted by Gasteiger charge is -2.26. The number of benzene rings is 4. The smallest absolute Gasteiger partial charge is 0.316 e. The van der Waals surface area contributed by atoms with Crippen LogP contribution < -0.4 is 9.47 Å². The molecule has 4 aromatic carbocycles. The van der Waals surface area contributed by atoms with Crippen molar-refractivity contribution in [2.24, 2.45) is 0 Å². The molecule has 0 saturated carbocycles. The molecule has 2 unspecified atom stereocenters. The number of fused-ring (bicyclic) bond motifs is 2. The van der Waals surface area contributed by atoms with Crippen LogP contribution >= 0.6 is 22.7 Å². The fourth-order valence-electron chi connectivity index (χ4n) is 7.41. The quantitative estimate of drug-likeness (QED) is 0.108. The standard InChI is InChI=1S/C26H25N5OS.C25H17N5OS/c27-16-21(25-29-23-6-2-3-7-24(23)33-25)22-12-13-28-26(30-22)32-18-20-10-8-19(9-11-20)17-31-14-4-1-5-15-31;26-15-19(24-29-22-6-1-2-7-23(22)32-24)21-12-14-28-25(30-21)31-16-17-8-10-18(11-9-17)20-5-3-4-13-27-20/h2-3,6-13,21H,1,4-5,14-15,17-18H2;1-14,19H,16H2. The summed E-state index contributed by atoms with van der Waals surface area (Å²) in [6.45, 7) is 4.10. The van der Waals surface area contributed by atoms with Gasteiger partial charge in [-0.2, -0.15) is 20.5 Å². The SMILES string of the molecule is N#CC(c1ccnc(OCc2ccc(-c3ccccn3)cc2)n1)c1nc2ccccc2s1.N#CC(c1ccnc(OCc2ccc(CN3CCCCC3)cc2)n1)c1nc2ccccc2s1. The Hall–Kier alpha value is -7.49. The zero-order chi connectivity index (χ0) is 44.2. The van der Waals surface area contributed by atoms with Crippen LogP contribution in [0.3, 0.4) is 0 Å². The van der Waals surface area contributed by atoms with E-state index < -0.39 is 11.8 Å². The van der Waals surface area contributed by atoms with E-state index in [1.807, 2.05) is 91.0 Å². The number of nitriles is 2. The lowest BCUT2D eigenvalue weighted by molar-refractivity contribution is 0.221. The third kappa shape index (κ3) is 10.8. The van der Waals surface area contributed by atoms with Gasteiger partial charge in [-0.15, -0.1) is 22.7 Å². The third-order valence-corrected chi connectivity index (χ3v) is 13.0. The Labute approximate surface area is 384 Å². The fourth-order valence-corrected chi connectivity index (χ4v) is 9.46. The van der Waals surface area contributed by atoms with Gasteiger partial charge in [0, 0.05) is 30.7 Å². The normalized spacial score (nSPS) is 13.5. The topological polar surface area (TPSA) is 160 Å². The summed E-state index contributed by atoms with van der Waals surface area (Å²) in [5, 5.41) is 21.0. The molecule has 1 fully saturated rings. The maximum Gasteiger partial charge on any atom is 0.316 e. The van der Waals surface area contributed by atoms with Crippen LogP contribution in [0.2, 0.25) is 0 Å². The number of nitrogens with zero attached hydrogens (tertiary/aromatic N) is 10. The molecule has 320 valence electrons. The van der Waals surface area contributed by atoms with Gasteiger partial charge in [-0.05, 0) is 91.2 Å². The lowest BCUT2D eigenvalue weighted by Crippen LogP contribution is -2.29. The molecule has 0 radical (unpaired) electrons. The van der Waals surface area contributed by atoms with Gasteiger partial charge in [0.15, 0.2) is 0 Å². The summed E-state index contributed by atoms with van der Waals surface area (Å²) >= 11 is 3.02. The summed E-state index contributed by atoms with van der Waals surface area (Å²) in [5.41, 5.74) is 8.29. The van der Waals surface area contributed by atoms with Gasteiger partial charge in [0.25, 0.3) is 0 Å². The maximum atomic E-state index is 9.81. The molecule has 0 aliphatic carbocycles. The molecule has 14 heteroatoms. The monoisotopic (exact) mass is 890 g/mol. The number of thiazole rings is 2. The van der Waals surface area contributed by atoms with E-state index >= 15 is 0 Å². The zero-order valence-corrected chi connectivity index (χ0v) is 36.9. The Kier molecular flexibility index (Phi) is 13.7. The summed E-state index contributed by atoms with van der Waals surface area (Å²) < 4.78 is 13.8. The number of rotatable bonds is 13. The van der Waals surface area contributed by atoms with E-state index in [-0.39, 0.29) is 12.0 Å². The Morgan fingerprint density at radius 1 is 0.523 bits per heavy atom. The van der Waals surface area contributed by atoms with Crippen molar-refractivity contribution in [3.8, 4) is 35.4 Å². The molecule has 0 spiro atoms. The van der Waals surface area contributed by atoms with Crippen LogP contribution in [0.5, 0.6) is 12.0 Å². The number of piperidine rings is 1. The second-order valence-corrected chi connectivity index (χ2v) is 17.5. The van der Waals surface area contributed by atoms with Gasteiger partial charge in [-0.25, -0.2) is 19.9 Å². The molecule has 10 rings (SSSR count). The van der Waals surface area contributed by atoms with E-state index in [1.54, 1.807) is 30.7 Å². The van der Waals surface area contributed by atoms with Gasteiger partial charge < -0.3 is 9.47 Å². The molecule has 6 heterocycles. The van der Waals surface area contributed by atoms with Crippen LogP contribution in [0.25, 0.3) is 31.7 Å². The van der Waals surface area contributed by atoms with Crippen molar-refractivity contribution < 1.29 is 9.47 Å². The van der Waals surface area contributed by atoms with E-state index in [2.05, 4.69) is 76.2 Å². The fraction of sp³-hybridized carbons (Fsp3) is 0.196. The minimum absolute atomic E-state index is 0.234. The third-order valence-electron chi connectivity index (χ3n) is 10.8. The van der Waals surface area contributed by atoms with Gasteiger partial charge in [0.1, 0.15) is 35.1 Å². The predicted octanol–water partition coefficient (Wildman–Crippen LogP) is 10.7. The molecule has 0 bridgehead atoms. The van der Waals surface area contributed by atoms with E-state index in [4.69, 9.17) is 9.47 Å². The Morgan fingerprint density at radius 2 is 1.03 bits per heavy atom. The largest absolute Gasteiger partial charge is 0.459 e. The Morgan fingerprint density at radius 3 is 1.54 bits per heavy atom. The van der Waals surface area contributed by atoms with Crippen LogP contribution in [0, 0.1) is 22.7 Å². The average molecular weight is 891 g/mol. The second kappa shape index (κ2) is 20.8.